The van der Waals surface area contributed by atoms with Crippen LogP contribution < -0.4 is 19.1 Å². The molecule has 0 aromatic heterocycles. The number of fused-ring (bicyclic) bond motifs is 1. The van der Waals surface area contributed by atoms with E-state index in [0.717, 1.165) is 27.9 Å². The molecule has 1 amide bonds. The first-order valence-electron chi connectivity index (χ1n) is 10.6. The number of carbonyl (C=O) groups excluding carboxylic acids is 1. The number of ether oxygens (including phenoxy) is 2. The average molecular weight is 465 g/mol. The molecule has 33 heavy (non-hydrogen) atoms. The minimum atomic E-state index is -4.08. The monoisotopic (exact) mass is 464 g/mol. The Bertz CT molecular complexity index is 1460. The summed E-state index contributed by atoms with van der Waals surface area (Å²) in [5, 5.41) is 4.93. The maximum absolute atomic E-state index is 13.4. The molecule has 7 nitrogen and oxygen atoms in total. The van der Waals surface area contributed by atoms with Crippen LogP contribution in [0.4, 0.5) is 11.4 Å². The van der Waals surface area contributed by atoms with Crippen molar-refractivity contribution in [2.45, 2.75) is 19.8 Å². The molecule has 0 unspecified atom stereocenters. The number of benzene rings is 3. The van der Waals surface area contributed by atoms with E-state index in [0.29, 0.717) is 34.0 Å². The summed E-state index contributed by atoms with van der Waals surface area (Å²) in [6.07, 6.45) is 1.94. The molecule has 3 aromatic rings. The van der Waals surface area contributed by atoms with Crippen molar-refractivity contribution in [1.29, 1.82) is 0 Å². The Balaban J connectivity index is 1.63. The van der Waals surface area contributed by atoms with Crippen molar-refractivity contribution in [3.63, 3.8) is 0 Å². The number of aryl methyl sites for hydroxylation is 2. The second-order valence-corrected chi connectivity index (χ2v) is 10.1. The molecular formula is C25H24N2O5S. The van der Waals surface area contributed by atoms with Crippen molar-refractivity contribution < 1.29 is 22.7 Å². The third kappa shape index (κ3) is 3.08. The van der Waals surface area contributed by atoms with E-state index in [4.69, 9.17) is 9.47 Å². The molecule has 0 atom stereocenters. The Hall–Kier alpha value is -3.52. The minimum Gasteiger partial charge on any atom is -0.493 e. The summed E-state index contributed by atoms with van der Waals surface area (Å²) in [4.78, 5) is 13.1. The van der Waals surface area contributed by atoms with Gasteiger partial charge in [-0.3, -0.25) is 9.10 Å². The van der Waals surface area contributed by atoms with E-state index >= 15 is 0 Å². The molecule has 3 aromatic carbocycles. The topological polar surface area (TPSA) is 84.9 Å². The van der Waals surface area contributed by atoms with Crippen molar-refractivity contribution in [3.8, 4) is 11.5 Å². The number of hydrogen-bond acceptors (Lipinski definition) is 5. The zero-order valence-electron chi connectivity index (χ0n) is 18.9. The van der Waals surface area contributed by atoms with Crippen LogP contribution in [0.5, 0.6) is 11.5 Å². The van der Waals surface area contributed by atoms with Gasteiger partial charge < -0.3 is 14.8 Å². The minimum absolute atomic E-state index is 0.284. The van der Waals surface area contributed by atoms with Gasteiger partial charge in [0.15, 0.2) is 16.4 Å². The lowest BCUT2D eigenvalue weighted by Gasteiger charge is -2.30. The molecule has 1 aliphatic heterocycles. The highest BCUT2D eigenvalue weighted by molar-refractivity contribution is 7.97. The summed E-state index contributed by atoms with van der Waals surface area (Å²) in [7, 11) is 0.345. The Morgan fingerprint density at radius 3 is 2.36 bits per heavy atom. The van der Waals surface area contributed by atoms with E-state index in [1.807, 2.05) is 24.3 Å². The summed E-state index contributed by atoms with van der Waals surface area (Å²) in [6.45, 7) is 1.64. The smallest absolute Gasteiger partial charge is 0.269 e. The highest BCUT2D eigenvalue weighted by Crippen LogP contribution is 2.44. The van der Waals surface area contributed by atoms with Gasteiger partial charge in [-0.05, 0) is 54.0 Å². The number of hydrogen-bond donors (Lipinski definition) is 1. The fourth-order valence-corrected chi connectivity index (χ4v) is 6.30. The van der Waals surface area contributed by atoms with Gasteiger partial charge in [-0.2, -0.15) is 0 Å². The Labute approximate surface area is 192 Å². The fraction of sp³-hybridized carbons (Fsp3) is 0.240. The number of anilines is 2. The zero-order valence-corrected chi connectivity index (χ0v) is 19.7. The third-order valence-electron chi connectivity index (χ3n) is 6.54. The first-order valence-corrected chi connectivity index (χ1v) is 12.0. The number of nitrogens with zero attached hydrogens (tertiary/aromatic N) is 1. The van der Waals surface area contributed by atoms with E-state index in [9.17, 15) is 13.2 Å². The zero-order chi connectivity index (χ0) is 23.5. The Kier molecular flexibility index (Phi) is 4.86. The highest BCUT2D eigenvalue weighted by atomic mass is 32.2. The van der Waals surface area contributed by atoms with Crippen LogP contribution in [0.25, 0.3) is 16.3 Å². The molecule has 5 rings (SSSR count). The van der Waals surface area contributed by atoms with Crippen molar-refractivity contribution in [2.75, 3.05) is 30.9 Å². The van der Waals surface area contributed by atoms with Crippen molar-refractivity contribution in [3.05, 3.63) is 64.1 Å². The molecule has 170 valence electrons. The number of carbonyl (C=O) groups is 1. The summed E-state index contributed by atoms with van der Waals surface area (Å²) in [5.74, 6) is 0.195. The molecule has 8 heteroatoms. The number of sulfonamides is 1. The van der Waals surface area contributed by atoms with Gasteiger partial charge in [0.2, 0.25) is 0 Å². The predicted molar refractivity (Wildman–Crippen MR) is 129 cm³/mol. The molecule has 0 fully saturated rings. The van der Waals surface area contributed by atoms with Gasteiger partial charge in [0.1, 0.15) is 0 Å². The normalized spacial score (nSPS) is 16.1. The van der Waals surface area contributed by atoms with Crippen LogP contribution in [0.15, 0.2) is 47.4 Å². The van der Waals surface area contributed by atoms with Crippen LogP contribution >= 0.6 is 0 Å². The van der Waals surface area contributed by atoms with Crippen LogP contribution in [0.2, 0.25) is 0 Å². The van der Waals surface area contributed by atoms with E-state index in [2.05, 4.69) is 11.4 Å². The van der Waals surface area contributed by atoms with Gasteiger partial charge in [-0.1, -0.05) is 24.3 Å². The summed E-state index contributed by atoms with van der Waals surface area (Å²) in [5.41, 5.74) is 4.46. The number of methoxy groups -OCH3 is 2. The van der Waals surface area contributed by atoms with Crippen molar-refractivity contribution in [1.82, 2.24) is 0 Å². The molecule has 0 saturated heterocycles. The van der Waals surface area contributed by atoms with E-state index in [1.54, 1.807) is 19.1 Å². The molecule has 1 N–H and O–H groups in total. The van der Waals surface area contributed by atoms with E-state index in [1.165, 1.54) is 32.4 Å². The quantitative estimate of drug-likeness (QED) is 0.628. The lowest BCUT2D eigenvalue weighted by molar-refractivity contribution is -0.112. The summed E-state index contributed by atoms with van der Waals surface area (Å²) >= 11 is 0. The predicted octanol–water partition coefficient (Wildman–Crippen LogP) is 4.10. The van der Waals surface area contributed by atoms with Crippen LogP contribution in [0.3, 0.4) is 0 Å². The molecule has 1 aliphatic carbocycles. The number of allylic oxidation sites excluding steroid dienone is 1. The lowest BCUT2D eigenvalue weighted by atomic mass is 10.0. The largest absolute Gasteiger partial charge is 0.493 e. The summed E-state index contributed by atoms with van der Waals surface area (Å²) < 4.78 is 38.6. The van der Waals surface area contributed by atoms with E-state index < -0.39 is 15.9 Å². The molecule has 2 aliphatic rings. The SMILES string of the molecule is COc1cc2c(cc1OC)N(C)S(=O)(=O)C(C(=O)Nc1ccc3c4c(cccc14)CC3)=C2C. The molecular weight excluding hydrogens is 440 g/mol. The van der Waals surface area contributed by atoms with Gasteiger partial charge in [-0.25, -0.2) is 8.42 Å². The lowest BCUT2D eigenvalue weighted by Crippen LogP contribution is -2.36. The van der Waals surface area contributed by atoms with Crippen LogP contribution in [0.1, 0.15) is 23.6 Å². The maximum Gasteiger partial charge on any atom is 0.269 e. The molecule has 0 spiro atoms. The Morgan fingerprint density at radius 2 is 1.67 bits per heavy atom. The van der Waals surface area contributed by atoms with Crippen LogP contribution in [0, 0.1) is 0 Å². The second kappa shape index (κ2) is 7.52. The maximum atomic E-state index is 13.4. The number of nitrogens with one attached hydrogen (secondary N) is 1. The van der Waals surface area contributed by atoms with Gasteiger partial charge in [-0.15, -0.1) is 0 Å². The second-order valence-electron chi connectivity index (χ2n) is 8.22. The Morgan fingerprint density at radius 1 is 1.00 bits per heavy atom. The van der Waals surface area contributed by atoms with Crippen molar-refractivity contribution in [2.24, 2.45) is 0 Å². The molecule has 0 saturated carbocycles. The number of rotatable bonds is 4. The van der Waals surface area contributed by atoms with Crippen LogP contribution in [-0.4, -0.2) is 35.6 Å². The molecule has 0 bridgehead atoms. The standard InChI is InChI=1S/C25H24N2O5S/c1-14-18-12-21(31-3)22(32-4)13-20(18)27(2)33(29,30)24(14)25(28)26-19-11-10-16-9-8-15-6-5-7-17(19)23(15)16/h5-7,10-13H,8-9H2,1-4H3,(H,26,28). The van der Waals surface area contributed by atoms with Crippen LogP contribution in [-0.2, 0) is 27.7 Å². The number of amides is 1. The van der Waals surface area contributed by atoms with Gasteiger partial charge in [0.05, 0.1) is 19.9 Å². The summed E-state index contributed by atoms with van der Waals surface area (Å²) in [6, 6.07) is 13.2. The third-order valence-corrected chi connectivity index (χ3v) is 8.46. The van der Waals surface area contributed by atoms with Gasteiger partial charge in [0, 0.05) is 29.8 Å². The van der Waals surface area contributed by atoms with Crippen molar-refractivity contribution >= 4 is 43.7 Å². The highest BCUT2D eigenvalue weighted by Gasteiger charge is 2.38. The van der Waals surface area contributed by atoms with Gasteiger partial charge >= 0.3 is 0 Å². The molecule has 0 radical (unpaired) electrons. The van der Waals surface area contributed by atoms with E-state index in [-0.39, 0.29) is 4.91 Å². The average Bonchev–Trinajstić information content (AvgIpc) is 3.23. The fourth-order valence-electron chi connectivity index (χ4n) is 4.83. The first kappa shape index (κ1) is 21.3. The van der Waals surface area contributed by atoms with Gasteiger partial charge in [0.25, 0.3) is 15.9 Å². The molecule has 1 heterocycles. The first-order chi connectivity index (χ1) is 15.8.